The molecule has 0 saturated carbocycles. The molecule has 0 radical (unpaired) electrons. The summed E-state index contributed by atoms with van der Waals surface area (Å²) >= 11 is 0. The highest BCUT2D eigenvalue weighted by atomic mass is 16.5. The van der Waals surface area contributed by atoms with Gasteiger partial charge in [-0.2, -0.15) is 0 Å². The van der Waals surface area contributed by atoms with Gasteiger partial charge in [0.2, 0.25) is 5.88 Å². The normalized spacial score (nSPS) is 11.0. The monoisotopic (exact) mass is 300 g/mol. The van der Waals surface area contributed by atoms with Crippen molar-refractivity contribution in [3.63, 3.8) is 0 Å². The minimum atomic E-state index is 0.298. The summed E-state index contributed by atoms with van der Waals surface area (Å²) in [7, 11) is 1.63. The highest BCUT2D eigenvalue weighted by Crippen LogP contribution is 2.21. The first-order valence-corrected chi connectivity index (χ1v) is 7.62. The number of pyridine rings is 1. The molecule has 5 nitrogen and oxygen atoms in total. The van der Waals surface area contributed by atoms with Gasteiger partial charge in [0.15, 0.2) is 0 Å². The summed E-state index contributed by atoms with van der Waals surface area (Å²) in [5.74, 6) is 3.01. The fourth-order valence-corrected chi connectivity index (χ4v) is 2.06. The number of nitrogens with one attached hydrogen (secondary N) is 1. The van der Waals surface area contributed by atoms with Gasteiger partial charge < -0.3 is 10.1 Å². The Hall–Kier alpha value is -2.17. The second-order valence-corrected chi connectivity index (χ2v) is 5.87. The van der Waals surface area contributed by atoms with Crippen LogP contribution in [0.2, 0.25) is 0 Å². The molecule has 0 amide bonds. The van der Waals surface area contributed by atoms with Crippen LogP contribution in [0.4, 0.5) is 5.82 Å². The summed E-state index contributed by atoms with van der Waals surface area (Å²) in [5.41, 5.74) is 2.06. The lowest BCUT2D eigenvalue weighted by Gasteiger charge is -2.14. The standard InChI is InChI=1S/C17H24N4O/c1-11(2)14-9-15(21-16(20-14)12(3)4)19-10-13-7-6-8-18-17(13)22-5/h6-9,11-12H,10H2,1-5H3,(H,19,20,21). The van der Waals surface area contributed by atoms with Crippen LogP contribution in [0.25, 0.3) is 0 Å². The van der Waals surface area contributed by atoms with Crippen molar-refractivity contribution < 1.29 is 4.74 Å². The van der Waals surface area contributed by atoms with Crippen molar-refractivity contribution in [2.45, 2.75) is 46.1 Å². The predicted octanol–water partition coefficient (Wildman–Crippen LogP) is 3.74. The van der Waals surface area contributed by atoms with E-state index in [0.29, 0.717) is 24.3 Å². The smallest absolute Gasteiger partial charge is 0.218 e. The van der Waals surface area contributed by atoms with Gasteiger partial charge in [0.05, 0.1) is 7.11 Å². The van der Waals surface area contributed by atoms with Crippen LogP contribution in [0, 0.1) is 0 Å². The third-order valence-electron chi connectivity index (χ3n) is 3.37. The maximum absolute atomic E-state index is 5.27. The van der Waals surface area contributed by atoms with Gasteiger partial charge in [0, 0.05) is 36.0 Å². The number of hydrogen-bond acceptors (Lipinski definition) is 5. The summed E-state index contributed by atoms with van der Waals surface area (Å²) in [6.07, 6.45) is 1.72. The van der Waals surface area contributed by atoms with Crippen molar-refractivity contribution in [1.29, 1.82) is 0 Å². The zero-order valence-corrected chi connectivity index (χ0v) is 13.9. The number of anilines is 1. The molecular weight excluding hydrogens is 276 g/mol. The Morgan fingerprint density at radius 1 is 1.14 bits per heavy atom. The highest BCUT2D eigenvalue weighted by molar-refractivity contribution is 5.39. The van der Waals surface area contributed by atoms with Crippen molar-refractivity contribution in [3.05, 3.63) is 41.5 Å². The van der Waals surface area contributed by atoms with Crippen molar-refractivity contribution in [3.8, 4) is 5.88 Å². The van der Waals surface area contributed by atoms with Gasteiger partial charge in [-0.1, -0.05) is 33.8 Å². The van der Waals surface area contributed by atoms with Crippen molar-refractivity contribution in [2.24, 2.45) is 0 Å². The number of nitrogens with zero attached hydrogens (tertiary/aromatic N) is 3. The molecule has 22 heavy (non-hydrogen) atoms. The zero-order valence-electron chi connectivity index (χ0n) is 13.9. The van der Waals surface area contributed by atoms with Crippen LogP contribution in [-0.4, -0.2) is 22.1 Å². The molecule has 0 unspecified atom stereocenters. The summed E-state index contributed by atoms with van der Waals surface area (Å²) in [4.78, 5) is 13.4. The van der Waals surface area contributed by atoms with Crippen LogP contribution in [0.1, 0.15) is 56.6 Å². The Morgan fingerprint density at radius 2 is 1.91 bits per heavy atom. The number of rotatable bonds is 6. The molecule has 0 saturated heterocycles. The van der Waals surface area contributed by atoms with Crippen LogP contribution >= 0.6 is 0 Å². The topological polar surface area (TPSA) is 59.9 Å². The van der Waals surface area contributed by atoms with E-state index >= 15 is 0 Å². The molecule has 2 heterocycles. The Bertz CT molecular complexity index is 600. The van der Waals surface area contributed by atoms with Gasteiger partial charge in [-0.05, 0) is 12.0 Å². The third-order valence-corrected chi connectivity index (χ3v) is 3.37. The number of methoxy groups -OCH3 is 1. The van der Waals surface area contributed by atoms with E-state index in [-0.39, 0.29) is 0 Å². The molecule has 0 spiro atoms. The first kappa shape index (κ1) is 16.2. The van der Waals surface area contributed by atoms with Crippen molar-refractivity contribution >= 4 is 5.82 Å². The first-order chi connectivity index (χ1) is 10.5. The minimum Gasteiger partial charge on any atom is -0.481 e. The summed E-state index contributed by atoms with van der Waals surface area (Å²) in [6.45, 7) is 9.10. The SMILES string of the molecule is COc1ncccc1CNc1cc(C(C)C)nc(C(C)C)n1. The van der Waals surface area contributed by atoms with Gasteiger partial charge in [-0.25, -0.2) is 15.0 Å². The number of hydrogen-bond donors (Lipinski definition) is 1. The molecule has 2 aromatic rings. The summed E-state index contributed by atoms with van der Waals surface area (Å²) in [6, 6.07) is 5.91. The molecule has 0 aliphatic rings. The molecule has 2 aromatic heterocycles. The minimum absolute atomic E-state index is 0.298. The van der Waals surface area contributed by atoms with Crippen LogP contribution in [0.5, 0.6) is 5.88 Å². The van der Waals surface area contributed by atoms with Gasteiger partial charge in [-0.3, -0.25) is 0 Å². The fourth-order valence-electron chi connectivity index (χ4n) is 2.06. The number of aromatic nitrogens is 3. The molecule has 118 valence electrons. The van der Waals surface area contributed by atoms with Crippen molar-refractivity contribution in [1.82, 2.24) is 15.0 Å². The highest BCUT2D eigenvalue weighted by Gasteiger charge is 2.11. The lowest BCUT2D eigenvalue weighted by molar-refractivity contribution is 0.393. The van der Waals surface area contributed by atoms with Crippen molar-refractivity contribution in [2.75, 3.05) is 12.4 Å². The molecule has 0 bridgehead atoms. The second kappa shape index (κ2) is 7.20. The Morgan fingerprint density at radius 3 is 2.55 bits per heavy atom. The average Bonchev–Trinajstić information content (AvgIpc) is 2.52. The largest absolute Gasteiger partial charge is 0.481 e. The van der Waals surface area contributed by atoms with Gasteiger partial charge in [-0.15, -0.1) is 0 Å². The molecule has 0 fully saturated rings. The lowest BCUT2D eigenvalue weighted by atomic mass is 10.1. The Kier molecular flexibility index (Phi) is 5.31. The van der Waals surface area contributed by atoms with E-state index in [1.807, 2.05) is 18.2 Å². The van der Waals surface area contributed by atoms with E-state index in [1.54, 1.807) is 13.3 Å². The van der Waals surface area contributed by atoms with Crippen LogP contribution in [0.15, 0.2) is 24.4 Å². The summed E-state index contributed by atoms with van der Waals surface area (Å²) in [5, 5.41) is 3.36. The second-order valence-electron chi connectivity index (χ2n) is 5.87. The van der Waals surface area contributed by atoms with Crippen LogP contribution in [0.3, 0.4) is 0 Å². The first-order valence-electron chi connectivity index (χ1n) is 7.62. The maximum atomic E-state index is 5.27. The molecule has 0 aliphatic heterocycles. The van der Waals surface area contributed by atoms with E-state index in [2.05, 4.69) is 48.0 Å². The van der Waals surface area contributed by atoms with E-state index in [4.69, 9.17) is 4.74 Å². The Balaban J connectivity index is 2.21. The Labute approximate surface area is 132 Å². The van der Waals surface area contributed by atoms with Gasteiger partial charge >= 0.3 is 0 Å². The van der Waals surface area contributed by atoms with Gasteiger partial charge in [0.25, 0.3) is 0 Å². The molecule has 2 rings (SSSR count). The molecule has 1 N–H and O–H groups in total. The molecule has 5 heteroatoms. The molecule has 0 aliphatic carbocycles. The van der Waals surface area contributed by atoms with E-state index in [0.717, 1.165) is 22.9 Å². The fraction of sp³-hybridized carbons (Fsp3) is 0.471. The molecular formula is C17H24N4O. The average molecular weight is 300 g/mol. The summed E-state index contributed by atoms with van der Waals surface area (Å²) < 4.78 is 5.27. The van der Waals surface area contributed by atoms with E-state index in [9.17, 15) is 0 Å². The molecule has 0 atom stereocenters. The van der Waals surface area contributed by atoms with Crippen LogP contribution < -0.4 is 10.1 Å². The quantitative estimate of drug-likeness (QED) is 0.880. The predicted molar refractivity (Wildman–Crippen MR) is 88.3 cm³/mol. The van der Waals surface area contributed by atoms with E-state index < -0.39 is 0 Å². The zero-order chi connectivity index (χ0) is 16.1. The third kappa shape index (κ3) is 3.93. The van der Waals surface area contributed by atoms with E-state index in [1.165, 1.54) is 0 Å². The van der Waals surface area contributed by atoms with Gasteiger partial charge in [0.1, 0.15) is 11.6 Å². The maximum Gasteiger partial charge on any atom is 0.218 e. The molecule has 0 aromatic carbocycles. The number of ether oxygens (including phenoxy) is 1. The lowest BCUT2D eigenvalue weighted by Crippen LogP contribution is -2.09. The van der Waals surface area contributed by atoms with Crippen LogP contribution in [-0.2, 0) is 6.54 Å².